The van der Waals surface area contributed by atoms with Gasteiger partial charge in [-0.25, -0.2) is 4.98 Å². The predicted octanol–water partition coefficient (Wildman–Crippen LogP) is 5.50. The number of benzene rings is 2. The van der Waals surface area contributed by atoms with Crippen LogP contribution in [0.25, 0.3) is 10.2 Å². The summed E-state index contributed by atoms with van der Waals surface area (Å²) in [5.74, 6) is -0.206. The van der Waals surface area contributed by atoms with Crippen molar-refractivity contribution in [2.45, 2.75) is 26.2 Å². The van der Waals surface area contributed by atoms with Gasteiger partial charge in [0.1, 0.15) is 0 Å². The fourth-order valence-corrected chi connectivity index (χ4v) is 3.33. The third-order valence-electron chi connectivity index (χ3n) is 3.56. The van der Waals surface area contributed by atoms with Gasteiger partial charge in [0.25, 0.3) is 5.91 Å². The lowest BCUT2D eigenvalue weighted by Gasteiger charge is -2.18. The van der Waals surface area contributed by atoms with Crippen LogP contribution in [0.2, 0.25) is 5.02 Å². The van der Waals surface area contributed by atoms with Crippen LogP contribution in [0.5, 0.6) is 0 Å². The first-order valence-corrected chi connectivity index (χ1v) is 8.50. The zero-order chi connectivity index (χ0) is 16.6. The molecule has 0 radical (unpaired) electrons. The number of anilines is 1. The van der Waals surface area contributed by atoms with E-state index in [2.05, 4.69) is 43.2 Å². The molecule has 0 saturated heterocycles. The fourth-order valence-electron chi connectivity index (χ4n) is 2.24. The largest absolute Gasteiger partial charge is 0.298 e. The lowest BCUT2D eigenvalue weighted by molar-refractivity contribution is 0.102. The molecule has 0 aliphatic rings. The molecular weight excluding hydrogens is 328 g/mol. The average molecular weight is 345 g/mol. The van der Waals surface area contributed by atoms with Crippen LogP contribution in [0.4, 0.5) is 5.13 Å². The number of nitrogens with one attached hydrogen (secondary N) is 1. The monoisotopic (exact) mass is 344 g/mol. The summed E-state index contributed by atoms with van der Waals surface area (Å²) in [6.07, 6.45) is 0. The first-order valence-electron chi connectivity index (χ1n) is 7.31. The van der Waals surface area contributed by atoms with Gasteiger partial charge >= 0.3 is 0 Å². The van der Waals surface area contributed by atoms with Gasteiger partial charge < -0.3 is 0 Å². The number of hydrogen-bond acceptors (Lipinski definition) is 3. The van der Waals surface area contributed by atoms with Crippen molar-refractivity contribution < 1.29 is 4.79 Å². The lowest BCUT2D eigenvalue weighted by Crippen LogP contribution is -2.11. The minimum Gasteiger partial charge on any atom is -0.298 e. The van der Waals surface area contributed by atoms with E-state index in [0.717, 1.165) is 10.2 Å². The second-order valence-electron chi connectivity index (χ2n) is 6.42. The van der Waals surface area contributed by atoms with E-state index in [1.807, 2.05) is 6.07 Å². The Balaban J connectivity index is 1.87. The van der Waals surface area contributed by atoms with Crippen LogP contribution in [0, 0.1) is 0 Å². The Kier molecular flexibility index (Phi) is 4.13. The van der Waals surface area contributed by atoms with E-state index in [-0.39, 0.29) is 11.3 Å². The number of amides is 1. The maximum atomic E-state index is 12.3. The Morgan fingerprint density at radius 2 is 1.96 bits per heavy atom. The molecule has 1 heterocycles. The number of halogens is 1. The molecule has 3 nitrogen and oxygen atoms in total. The third-order valence-corrected chi connectivity index (χ3v) is 4.73. The first kappa shape index (κ1) is 16.0. The van der Waals surface area contributed by atoms with Crippen LogP contribution in [-0.2, 0) is 5.41 Å². The molecule has 1 aromatic heterocycles. The van der Waals surface area contributed by atoms with Crippen molar-refractivity contribution >= 4 is 44.2 Å². The zero-order valence-electron chi connectivity index (χ0n) is 13.2. The molecule has 0 unspecified atom stereocenters. The number of carbonyl (C=O) groups is 1. The minimum atomic E-state index is -0.206. The molecule has 3 rings (SSSR count). The van der Waals surface area contributed by atoms with Gasteiger partial charge in [-0.3, -0.25) is 10.1 Å². The highest BCUT2D eigenvalue weighted by Gasteiger charge is 2.16. The zero-order valence-corrected chi connectivity index (χ0v) is 14.8. The molecule has 1 amide bonds. The highest BCUT2D eigenvalue weighted by atomic mass is 35.5. The maximum absolute atomic E-state index is 12.3. The second kappa shape index (κ2) is 5.95. The van der Waals surface area contributed by atoms with Gasteiger partial charge in [0.2, 0.25) is 0 Å². The summed E-state index contributed by atoms with van der Waals surface area (Å²) in [6, 6.07) is 13.1. The molecule has 2 aromatic carbocycles. The van der Waals surface area contributed by atoms with Gasteiger partial charge in [0, 0.05) is 10.6 Å². The van der Waals surface area contributed by atoms with Crippen LogP contribution in [-0.4, -0.2) is 10.9 Å². The molecule has 0 aliphatic carbocycles. The Morgan fingerprint density at radius 3 is 2.65 bits per heavy atom. The summed E-state index contributed by atoms with van der Waals surface area (Å²) in [4.78, 5) is 16.7. The predicted molar refractivity (Wildman–Crippen MR) is 97.7 cm³/mol. The highest BCUT2D eigenvalue weighted by Crippen LogP contribution is 2.31. The van der Waals surface area contributed by atoms with Crippen molar-refractivity contribution in [1.82, 2.24) is 4.98 Å². The van der Waals surface area contributed by atoms with Crippen LogP contribution in [0.3, 0.4) is 0 Å². The van der Waals surface area contributed by atoms with Crippen LogP contribution >= 0.6 is 22.9 Å². The summed E-state index contributed by atoms with van der Waals surface area (Å²) in [7, 11) is 0. The maximum Gasteiger partial charge on any atom is 0.257 e. The van der Waals surface area contributed by atoms with Gasteiger partial charge in [-0.15, -0.1) is 0 Å². The smallest absolute Gasteiger partial charge is 0.257 e. The van der Waals surface area contributed by atoms with Crippen LogP contribution < -0.4 is 5.32 Å². The summed E-state index contributed by atoms with van der Waals surface area (Å²) in [5.41, 5.74) is 2.75. The Labute approximate surface area is 144 Å². The van der Waals surface area contributed by atoms with Crippen molar-refractivity contribution in [2.75, 3.05) is 5.32 Å². The molecule has 0 saturated carbocycles. The van der Waals surface area contributed by atoms with E-state index in [1.165, 1.54) is 16.9 Å². The number of hydrogen-bond donors (Lipinski definition) is 1. The van der Waals surface area contributed by atoms with E-state index < -0.39 is 0 Å². The standard InChI is InChI=1S/C18H17ClN2OS/c1-18(2,3)12-7-8-14-15(10-12)23-17(20-14)21-16(22)11-5-4-6-13(19)9-11/h4-10H,1-3H3,(H,20,21,22). The molecule has 3 aromatic rings. The summed E-state index contributed by atoms with van der Waals surface area (Å²) in [6.45, 7) is 6.53. The molecular formula is C18H17ClN2OS. The van der Waals surface area contributed by atoms with E-state index in [1.54, 1.807) is 24.3 Å². The molecule has 118 valence electrons. The van der Waals surface area contributed by atoms with Crippen molar-refractivity contribution in [2.24, 2.45) is 0 Å². The lowest BCUT2D eigenvalue weighted by atomic mass is 9.87. The number of aromatic nitrogens is 1. The number of thiazole rings is 1. The quantitative estimate of drug-likeness (QED) is 0.667. The SMILES string of the molecule is CC(C)(C)c1ccc2nc(NC(=O)c3cccc(Cl)c3)sc2c1. The number of nitrogens with zero attached hydrogens (tertiary/aromatic N) is 1. The van der Waals surface area contributed by atoms with Crippen molar-refractivity contribution in [3.05, 3.63) is 58.6 Å². The first-order chi connectivity index (χ1) is 10.8. The Morgan fingerprint density at radius 1 is 1.17 bits per heavy atom. The van der Waals surface area contributed by atoms with Crippen molar-refractivity contribution in [3.63, 3.8) is 0 Å². The molecule has 0 atom stereocenters. The number of fused-ring (bicyclic) bond motifs is 1. The van der Waals surface area contributed by atoms with Crippen LogP contribution in [0.15, 0.2) is 42.5 Å². The van der Waals surface area contributed by atoms with E-state index in [4.69, 9.17) is 11.6 Å². The third kappa shape index (κ3) is 3.54. The molecule has 0 aliphatic heterocycles. The number of rotatable bonds is 2. The van der Waals surface area contributed by atoms with Crippen molar-refractivity contribution in [1.29, 1.82) is 0 Å². The Bertz CT molecular complexity index is 880. The van der Waals surface area contributed by atoms with E-state index in [9.17, 15) is 4.79 Å². The number of carbonyl (C=O) groups excluding carboxylic acids is 1. The molecule has 5 heteroatoms. The van der Waals surface area contributed by atoms with Gasteiger partial charge in [0.05, 0.1) is 10.2 Å². The summed E-state index contributed by atoms with van der Waals surface area (Å²) < 4.78 is 1.07. The topological polar surface area (TPSA) is 42.0 Å². The summed E-state index contributed by atoms with van der Waals surface area (Å²) in [5, 5.41) is 3.98. The average Bonchev–Trinajstić information content (AvgIpc) is 2.87. The fraction of sp³-hybridized carbons (Fsp3) is 0.222. The second-order valence-corrected chi connectivity index (χ2v) is 7.88. The molecule has 0 spiro atoms. The van der Waals surface area contributed by atoms with Gasteiger partial charge in [0.15, 0.2) is 5.13 Å². The van der Waals surface area contributed by atoms with Crippen LogP contribution in [0.1, 0.15) is 36.7 Å². The summed E-state index contributed by atoms with van der Waals surface area (Å²) >= 11 is 7.40. The molecule has 0 fully saturated rings. The van der Waals surface area contributed by atoms with Gasteiger partial charge in [-0.1, -0.05) is 55.8 Å². The minimum absolute atomic E-state index is 0.0857. The van der Waals surface area contributed by atoms with E-state index >= 15 is 0 Å². The molecule has 1 N–H and O–H groups in total. The molecule has 0 bridgehead atoms. The Hall–Kier alpha value is -1.91. The molecule has 23 heavy (non-hydrogen) atoms. The normalized spacial score (nSPS) is 11.7. The van der Waals surface area contributed by atoms with Gasteiger partial charge in [-0.2, -0.15) is 0 Å². The van der Waals surface area contributed by atoms with Crippen molar-refractivity contribution in [3.8, 4) is 0 Å². The van der Waals surface area contributed by atoms with E-state index in [0.29, 0.717) is 15.7 Å². The highest BCUT2D eigenvalue weighted by molar-refractivity contribution is 7.22. The van der Waals surface area contributed by atoms with Gasteiger partial charge in [-0.05, 0) is 41.3 Å².